The van der Waals surface area contributed by atoms with Crippen LogP contribution in [0.3, 0.4) is 0 Å². The summed E-state index contributed by atoms with van der Waals surface area (Å²) in [6, 6.07) is 11.4. The van der Waals surface area contributed by atoms with Crippen molar-refractivity contribution < 1.29 is 14.5 Å². The number of cyclic esters (lactones) is 1. The van der Waals surface area contributed by atoms with Crippen LogP contribution in [0.5, 0.6) is 0 Å². The van der Waals surface area contributed by atoms with Crippen molar-refractivity contribution in [2.24, 2.45) is 4.99 Å². The SMILES string of the molecule is Cc1c(C2=N/C(=C\c3ccc(Cl)cc3)C(=O)O2)cccc1[N+](=O)[O-]. The van der Waals surface area contributed by atoms with Gasteiger partial charge in [-0.1, -0.05) is 29.8 Å². The van der Waals surface area contributed by atoms with Gasteiger partial charge >= 0.3 is 5.97 Å². The zero-order valence-electron chi connectivity index (χ0n) is 12.5. The van der Waals surface area contributed by atoms with Crippen molar-refractivity contribution in [2.45, 2.75) is 6.92 Å². The first-order valence-corrected chi connectivity index (χ1v) is 7.36. The Hall–Kier alpha value is -2.99. The molecule has 0 fully saturated rings. The van der Waals surface area contributed by atoms with Crippen LogP contribution in [0.2, 0.25) is 5.02 Å². The number of nitro benzene ring substituents is 1. The molecule has 1 heterocycles. The van der Waals surface area contributed by atoms with E-state index in [1.54, 1.807) is 43.3 Å². The third kappa shape index (κ3) is 3.04. The molecule has 0 aromatic heterocycles. The van der Waals surface area contributed by atoms with Gasteiger partial charge < -0.3 is 4.74 Å². The highest BCUT2D eigenvalue weighted by Gasteiger charge is 2.27. The van der Waals surface area contributed by atoms with E-state index in [0.29, 0.717) is 16.1 Å². The summed E-state index contributed by atoms with van der Waals surface area (Å²) < 4.78 is 5.17. The van der Waals surface area contributed by atoms with E-state index in [0.717, 1.165) is 5.56 Å². The van der Waals surface area contributed by atoms with E-state index in [1.165, 1.54) is 12.1 Å². The lowest BCUT2D eigenvalue weighted by molar-refractivity contribution is -0.385. The minimum atomic E-state index is -0.606. The third-order valence-corrected chi connectivity index (χ3v) is 3.78. The van der Waals surface area contributed by atoms with Crippen LogP contribution in [-0.2, 0) is 9.53 Å². The molecule has 2 aromatic rings. The summed E-state index contributed by atoms with van der Waals surface area (Å²) in [6.07, 6.45) is 1.57. The van der Waals surface area contributed by atoms with E-state index in [-0.39, 0.29) is 17.3 Å². The topological polar surface area (TPSA) is 81.8 Å². The molecular formula is C17H11ClN2O4. The van der Waals surface area contributed by atoms with Gasteiger partial charge in [0.25, 0.3) is 5.69 Å². The molecule has 3 rings (SSSR count). The van der Waals surface area contributed by atoms with Crippen LogP contribution in [0.15, 0.2) is 53.2 Å². The Balaban J connectivity index is 1.99. The van der Waals surface area contributed by atoms with Crippen molar-refractivity contribution in [3.05, 3.63) is 80.0 Å². The molecule has 7 heteroatoms. The van der Waals surface area contributed by atoms with Gasteiger partial charge in [-0.3, -0.25) is 10.1 Å². The van der Waals surface area contributed by atoms with Crippen molar-refractivity contribution in [3.8, 4) is 0 Å². The van der Waals surface area contributed by atoms with Gasteiger partial charge in [-0.15, -0.1) is 0 Å². The minimum absolute atomic E-state index is 0.0543. The number of aliphatic imine (C=N–C) groups is 1. The highest BCUT2D eigenvalue weighted by molar-refractivity contribution is 6.30. The number of hydrogen-bond acceptors (Lipinski definition) is 5. The number of nitro groups is 1. The van der Waals surface area contributed by atoms with Crippen LogP contribution in [0.1, 0.15) is 16.7 Å². The molecule has 1 aliphatic rings. The molecule has 24 heavy (non-hydrogen) atoms. The van der Waals surface area contributed by atoms with E-state index in [2.05, 4.69) is 4.99 Å². The summed E-state index contributed by atoms with van der Waals surface area (Å²) in [7, 11) is 0. The normalized spacial score (nSPS) is 15.3. The van der Waals surface area contributed by atoms with Crippen molar-refractivity contribution >= 4 is 35.2 Å². The zero-order valence-corrected chi connectivity index (χ0v) is 13.3. The maximum atomic E-state index is 12.0. The first-order valence-electron chi connectivity index (χ1n) is 6.98. The van der Waals surface area contributed by atoms with Crippen molar-refractivity contribution in [2.75, 3.05) is 0 Å². The third-order valence-electron chi connectivity index (χ3n) is 3.53. The summed E-state index contributed by atoms with van der Waals surface area (Å²) in [5.74, 6) is -0.549. The van der Waals surface area contributed by atoms with E-state index in [4.69, 9.17) is 16.3 Å². The largest absolute Gasteiger partial charge is 0.402 e. The van der Waals surface area contributed by atoms with Gasteiger partial charge in [-0.25, -0.2) is 9.79 Å². The van der Waals surface area contributed by atoms with E-state index in [9.17, 15) is 14.9 Å². The van der Waals surface area contributed by atoms with Gasteiger partial charge in [-0.05, 0) is 36.8 Å². The average Bonchev–Trinajstić information content (AvgIpc) is 2.90. The molecule has 1 aliphatic heterocycles. The van der Waals surface area contributed by atoms with Crippen LogP contribution in [0.25, 0.3) is 6.08 Å². The maximum absolute atomic E-state index is 12.0. The number of esters is 1. The Bertz CT molecular complexity index is 901. The lowest BCUT2D eigenvalue weighted by atomic mass is 10.1. The lowest BCUT2D eigenvalue weighted by Gasteiger charge is -2.04. The predicted octanol–water partition coefficient (Wildman–Crippen LogP) is 3.90. The first-order chi connectivity index (χ1) is 11.5. The summed E-state index contributed by atoms with van der Waals surface area (Å²) in [6.45, 7) is 1.59. The van der Waals surface area contributed by atoms with Gasteiger partial charge in [-0.2, -0.15) is 0 Å². The highest BCUT2D eigenvalue weighted by atomic mass is 35.5. The number of carbonyl (C=O) groups is 1. The van der Waals surface area contributed by atoms with E-state index < -0.39 is 10.9 Å². The zero-order chi connectivity index (χ0) is 17.3. The van der Waals surface area contributed by atoms with Gasteiger partial charge in [0.2, 0.25) is 5.90 Å². The molecule has 0 atom stereocenters. The Morgan fingerprint density at radius 2 is 1.92 bits per heavy atom. The van der Waals surface area contributed by atoms with Gasteiger partial charge in [0.1, 0.15) is 0 Å². The highest BCUT2D eigenvalue weighted by Crippen LogP contribution is 2.26. The Morgan fingerprint density at radius 1 is 1.21 bits per heavy atom. The fourth-order valence-electron chi connectivity index (χ4n) is 2.29. The number of carbonyl (C=O) groups excluding carboxylic acids is 1. The van der Waals surface area contributed by atoms with Crippen LogP contribution in [-0.4, -0.2) is 16.8 Å². The smallest absolute Gasteiger partial charge is 0.363 e. The molecular weight excluding hydrogens is 332 g/mol. The molecule has 0 bridgehead atoms. The van der Waals surface area contributed by atoms with E-state index >= 15 is 0 Å². The Labute approximate surface area is 142 Å². The summed E-state index contributed by atoms with van der Waals surface area (Å²) in [4.78, 5) is 26.7. The van der Waals surface area contributed by atoms with Crippen molar-refractivity contribution in [3.63, 3.8) is 0 Å². The number of rotatable bonds is 3. The van der Waals surface area contributed by atoms with Crippen LogP contribution in [0, 0.1) is 17.0 Å². The van der Waals surface area contributed by atoms with Crippen LogP contribution < -0.4 is 0 Å². The van der Waals surface area contributed by atoms with Crippen molar-refractivity contribution in [1.29, 1.82) is 0 Å². The number of halogens is 1. The molecule has 0 radical (unpaired) electrons. The summed E-state index contributed by atoms with van der Waals surface area (Å²) in [5.41, 5.74) is 1.62. The number of nitrogens with zero attached hydrogens (tertiary/aromatic N) is 2. The maximum Gasteiger partial charge on any atom is 0.363 e. The molecule has 0 unspecified atom stereocenters. The van der Waals surface area contributed by atoms with Gasteiger partial charge in [0.05, 0.1) is 4.92 Å². The molecule has 120 valence electrons. The second kappa shape index (κ2) is 6.25. The van der Waals surface area contributed by atoms with E-state index in [1.807, 2.05) is 0 Å². The fourth-order valence-corrected chi connectivity index (χ4v) is 2.42. The van der Waals surface area contributed by atoms with Crippen LogP contribution in [0.4, 0.5) is 5.69 Å². The molecule has 0 spiro atoms. The van der Waals surface area contributed by atoms with Crippen LogP contribution >= 0.6 is 11.6 Å². The first kappa shape index (κ1) is 15.9. The molecule has 0 N–H and O–H groups in total. The number of ether oxygens (including phenoxy) is 1. The Morgan fingerprint density at radius 3 is 2.58 bits per heavy atom. The average molecular weight is 343 g/mol. The second-order valence-corrected chi connectivity index (χ2v) is 5.53. The lowest BCUT2D eigenvalue weighted by Crippen LogP contribution is -2.08. The predicted molar refractivity (Wildman–Crippen MR) is 89.9 cm³/mol. The molecule has 0 saturated heterocycles. The fraction of sp³-hybridized carbons (Fsp3) is 0.0588. The number of hydrogen-bond donors (Lipinski definition) is 0. The monoisotopic (exact) mass is 342 g/mol. The quantitative estimate of drug-likeness (QED) is 0.366. The summed E-state index contributed by atoms with van der Waals surface area (Å²) >= 11 is 5.82. The minimum Gasteiger partial charge on any atom is -0.402 e. The molecule has 2 aromatic carbocycles. The van der Waals surface area contributed by atoms with Crippen molar-refractivity contribution in [1.82, 2.24) is 0 Å². The molecule has 0 aliphatic carbocycles. The molecule has 0 amide bonds. The molecule has 6 nitrogen and oxygen atoms in total. The van der Waals surface area contributed by atoms with Gasteiger partial charge in [0, 0.05) is 22.2 Å². The second-order valence-electron chi connectivity index (χ2n) is 5.09. The standard InChI is InChI=1S/C17H11ClN2O4/c1-10-13(3-2-4-15(10)20(22)23)16-19-14(17(21)24-16)9-11-5-7-12(18)8-6-11/h2-9H,1H3/b14-9-. The Kier molecular flexibility index (Phi) is 4.14. The number of benzene rings is 2. The summed E-state index contributed by atoms with van der Waals surface area (Å²) in [5, 5.41) is 11.6. The molecule has 0 saturated carbocycles. The van der Waals surface area contributed by atoms with Gasteiger partial charge in [0.15, 0.2) is 5.70 Å².